The van der Waals surface area contributed by atoms with Gasteiger partial charge in [-0.05, 0) is 44.1 Å². The van der Waals surface area contributed by atoms with Crippen molar-refractivity contribution in [2.45, 2.75) is 25.9 Å². The van der Waals surface area contributed by atoms with E-state index in [1.165, 1.54) is 0 Å². The SMILES string of the molecule is CC(C)C(O)(CCN(C)C)c1cccc(O)c1. The number of aromatic hydroxyl groups is 1. The lowest BCUT2D eigenvalue weighted by molar-refractivity contribution is -0.0234. The Morgan fingerprint density at radius 2 is 1.94 bits per heavy atom. The fourth-order valence-corrected chi connectivity index (χ4v) is 1.94. The molecule has 0 bridgehead atoms. The van der Waals surface area contributed by atoms with Crippen LogP contribution in [0.25, 0.3) is 0 Å². The second-order valence-corrected chi connectivity index (χ2v) is 5.18. The van der Waals surface area contributed by atoms with Gasteiger partial charge in [0.25, 0.3) is 0 Å². The highest BCUT2D eigenvalue weighted by atomic mass is 16.3. The van der Waals surface area contributed by atoms with Crippen molar-refractivity contribution in [3.63, 3.8) is 0 Å². The molecule has 0 fully saturated rings. The van der Waals surface area contributed by atoms with E-state index in [1.54, 1.807) is 18.2 Å². The van der Waals surface area contributed by atoms with Gasteiger partial charge in [0.2, 0.25) is 0 Å². The zero-order valence-electron chi connectivity index (χ0n) is 11.1. The van der Waals surface area contributed by atoms with Crippen LogP contribution in [0.5, 0.6) is 5.75 Å². The molecule has 2 N–H and O–H groups in total. The zero-order valence-corrected chi connectivity index (χ0v) is 11.1. The monoisotopic (exact) mass is 237 g/mol. The van der Waals surface area contributed by atoms with Gasteiger partial charge in [0.1, 0.15) is 5.75 Å². The Labute approximate surface area is 104 Å². The predicted molar refractivity (Wildman–Crippen MR) is 70.0 cm³/mol. The van der Waals surface area contributed by atoms with Crippen LogP contribution < -0.4 is 0 Å². The number of phenols is 1. The van der Waals surface area contributed by atoms with Gasteiger partial charge >= 0.3 is 0 Å². The zero-order chi connectivity index (χ0) is 13.1. The highest BCUT2D eigenvalue weighted by Gasteiger charge is 2.32. The van der Waals surface area contributed by atoms with Crippen molar-refractivity contribution >= 4 is 0 Å². The Hall–Kier alpha value is -1.06. The highest BCUT2D eigenvalue weighted by molar-refractivity contribution is 5.31. The molecule has 96 valence electrons. The lowest BCUT2D eigenvalue weighted by Crippen LogP contribution is -2.35. The molecule has 3 heteroatoms. The number of benzene rings is 1. The molecule has 0 aliphatic heterocycles. The first-order chi connectivity index (χ1) is 7.86. The van der Waals surface area contributed by atoms with Crippen LogP contribution >= 0.6 is 0 Å². The molecule has 0 aromatic heterocycles. The summed E-state index contributed by atoms with van der Waals surface area (Å²) in [7, 11) is 3.98. The van der Waals surface area contributed by atoms with Crippen LogP contribution in [0.15, 0.2) is 24.3 Å². The van der Waals surface area contributed by atoms with E-state index in [0.717, 1.165) is 12.1 Å². The van der Waals surface area contributed by atoms with Crippen LogP contribution in [0.2, 0.25) is 0 Å². The van der Waals surface area contributed by atoms with Crippen molar-refractivity contribution in [2.75, 3.05) is 20.6 Å². The van der Waals surface area contributed by atoms with Crippen LogP contribution in [-0.4, -0.2) is 35.8 Å². The molecule has 0 spiro atoms. The third-order valence-corrected chi connectivity index (χ3v) is 3.24. The first-order valence-electron chi connectivity index (χ1n) is 6.03. The van der Waals surface area contributed by atoms with E-state index >= 15 is 0 Å². The first-order valence-corrected chi connectivity index (χ1v) is 6.03. The summed E-state index contributed by atoms with van der Waals surface area (Å²) in [5.74, 6) is 0.302. The number of nitrogens with zero attached hydrogens (tertiary/aromatic N) is 1. The molecule has 1 aromatic carbocycles. The molecule has 1 unspecified atom stereocenters. The van der Waals surface area contributed by atoms with Crippen LogP contribution in [0, 0.1) is 5.92 Å². The third-order valence-electron chi connectivity index (χ3n) is 3.24. The summed E-state index contributed by atoms with van der Waals surface area (Å²) >= 11 is 0. The summed E-state index contributed by atoms with van der Waals surface area (Å²) in [5.41, 5.74) is -0.0995. The lowest BCUT2D eigenvalue weighted by atomic mass is 9.80. The minimum absolute atomic E-state index is 0.101. The number of hydrogen-bond acceptors (Lipinski definition) is 3. The van der Waals surface area contributed by atoms with E-state index in [1.807, 2.05) is 34.0 Å². The Morgan fingerprint density at radius 3 is 2.41 bits per heavy atom. The molecule has 0 heterocycles. The quantitative estimate of drug-likeness (QED) is 0.825. The standard InChI is InChI=1S/C14H23NO2/c1-11(2)14(17,8-9-15(3)4)12-6-5-7-13(16)10-12/h5-7,10-11,16-17H,8-9H2,1-4H3. The average molecular weight is 237 g/mol. The fraction of sp³-hybridized carbons (Fsp3) is 0.571. The van der Waals surface area contributed by atoms with Crippen molar-refractivity contribution in [1.82, 2.24) is 4.90 Å². The number of rotatable bonds is 5. The minimum Gasteiger partial charge on any atom is -0.508 e. The van der Waals surface area contributed by atoms with Gasteiger partial charge in [0.15, 0.2) is 0 Å². The summed E-state index contributed by atoms with van der Waals surface area (Å²) in [6.45, 7) is 4.81. The normalized spacial score (nSPS) is 15.2. The maximum absolute atomic E-state index is 10.8. The summed E-state index contributed by atoms with van der Waals surface area (Å²) in [6, 6.07) is 6.91. The molecule has 17 heavy (non-hydrogen) atoms. The van der Waals surface area contributed by atoms with Crippen molar-refractivity contribution in [3.8, 4) is 5.75 Å². The summed E-state index contributed by atoms with van der Waals surface area (Å²) in [4.78, 5) is 2.05. The lowest BCUT2D eigenvalue weighted by Gasteiger charge is -2.34. The van der Waals surface area contributed by atoms with Gasteiger partial charge in [0.05, 0.1) is 5.60 Å². The van der Waals surface area contributed by atoms with Gasteiger partial charge in [-0.15, -0.1) is 0 Å². The van der Waals surface area contributed by atoms with Crippen LogP contribution in [0.3, 0.4) is 0 Å². The van der Waals surface area contributed by atoms with E-state index < -0.39 is 5.60 Å². The summed E-state index contributed by atoms with van der Waals surface area (Å²) in [5, 5.41) is 20.3. The number of phenolic OH excluding ortho intramolecular Hbond substituents is 1. The molecular formula is C14H23NO2. The van der Waals surface area contributed by atoms with Gasteiger partial charge in [0, 0.05) is 6.54 Å². The van der Waals surface area contributed by atoms with Gasteiger partial charge in [-0.1, -0.05) is 26.0 Å². The van der Waals surface area contributed by atoms with Gasteiger partial charge in [-0.3, -0.25) is 0 Å². The van der Waals surface area contributed by atoms with Crippen molar-refractivity contribution in [3.05, 3.63) is 29.8 Å². The molecular weight excluding hydrogens is 214 g/mol. The summed E-state index contributed by atoms with van der Waals surface area (Å²) < 4.78 is 0. The first kappa shape index (κ1) is 14.0. The molecule has 1 atom stereocenters. The van der Waals surface area contributed by atoms with Gasteiger partial charge in [-0.25, -0.2) is 0 Å². The molecule has 0 saturated carbocycles. The van der Waals surface area contributed by atoms with Crippen molar-refractivity contribution in [1.29, 1.82) is 0 Å². The third kappa shape index (κ3) is 3.45. The van der Waals surface area contributed by atoms with Crippen LogP contribution in [0.1, 0.15) is 25.8 Å². The molecule has 1 aromatic rings. The van der Waals surface area contributed by atoms with Gasteiger partial charge in [-0.2, -0.15) is 0 Å². The van der Waals surface area contributed by atoms with Crippen molar-refractivity contribution in [2.24, 2.45) is 5.92 Å². The second kappa shape index (κ2) is 5.52. The molecule has 0 saturated heterocycles. The average Bonchev–Trinajstić information content (AvgIpc) is 2.25. The van der Waals surface area contributed by atoms with Gasteiger partial charge < -0.3 is 15.1 Å². The Balaban J connectivity index is 2.98. The summed E-state index contributed by atoms with van der Waals surface area (Å²) in [6.07, 6.45) is 0.654. The molecule has 0 radical (unpaired) electrons. The van der Waals surface area contributed by atoms with E-state index in [0.29, 0.717) is 6.42 Å². The second-order valence-electron chi connectivity index (χ2n) is 5.18. The van der Waals surface area contributed by atoms with E-state index in [4.69, 9.17) is 0 Å². The maximum Gasteiger partial charge on any atom is 0.115 e. The van der Waals surface area contributed by atoms with Crippen molar-refractivity contribution < 1.29 is 10.2 Å². The Morgan fingerprint density at radius 1 is 1.29 bits per heavy atom. The Kier molecular flexibility index (Phi) is 4.54. The highest BCUT2D eigenvalue weighted by Crippen LogP contribution is 2.34. The van der Waals surface area contributed by atoms with Crippen LogP contribution in [-0.2, 0) is 5.60 Å². The van der Waals surface area contributed by atoms with E-state index in [-0.39, 0.29) is 11.7 Å². The largest absolute Gasteiger partial charge is 0.508 e. The number of aliphatic hydroxyl groups is 1. The van der Waals surface area contributed by atoms with Crippen LogP contribution in [0.4, 0.5) is 0 Å². The molecule has 0 aliphatic rings. The smallest absolute Gasteiger partial charge is 0.115 e. The maximum atomic E-state index is 10.8. The molecule has 1 rings (SSSR count). The number of hydrogen-bond donors (Lipinski definition) is 2. The fourth-order valence-electron chi connectivity index (χ4n) is 1.94. The molecule has 0 amide bonds. The van der Waals surface area contributed by atoms with E-state index in [9.17, 15) is 10.2 Å². The topological polar surface area (TPSA) is 43.7 Å². The Bertz CT molecular complexity index is 363. The van der Waals surface area contributed by atoms with E-state index in [2.05, 4.69) is 4.90 Å². The minimum atomic E-state index is -0.886. The predicted octanol–water partition coefficient (Wildman–Crippen LogP) is 2.19. The molecule has 3 nitrogen and oxygen atoms in total. The molecule has 0 aliphatic carbocycles.